The molecule has 0 radical (unpaired) electrons. The lowest BCUT2D eigenvalue weighted by Crippen LogP contribution is -2.20. The maximum Gasteiger partial charge on any atom is 0.303 e. The Balaban J connectivity index is 2.46. The van der Waals surface area contributed by atoms with Gasteiger partial charge in [0.25, 0.3) is 0 Å². The molecule has 0 heterocycles. The molecule has 0 aromatic heterocycles. The molecule has 1 aliphatic rings. The number of aliphatic hydroxyl groups excluding tert-OH is 3. The van der Waals surface area contributed by atoms with E-state index in [2.05, 4.69) is 6.92 Å². The van der Waals surface area contributed by atoms with Crippen LogP contribution in [-0.4, -0.2) is 44.7 Å². The van der Waals surface area contributed by atoms with E-state index in [9.17, 15) is 20.1 Å². The molecule has 0 saturated heterocycles. The first-order valence-electron chi connectivity index (χ1n) is 9.55. The van der Waals surface area contributed by atoms with Crippen molar-refractivity contribution in [2.75, 3.05) is 0 Å². The van der Waals surface area contributed by atoms with E-state index in [1.807, 2.05) is 18.2 Å². The van der Waals surface area contributed by atoms with Gasteiger partial charge in [-0.2, -0.15) is 0 Å². The Morgan fingerprint density at radius 2 is 1.92 bits per heavy atom. The Labute approximate surface area is 151 Å². The predicted molar refractivity (Wildman–Crippen MR) is 98.1 cm³/mol. The van der Waals surface area contributed by atoms with Crippen LogP contribution in [0.25, 0.3) is 0 Å². The summed E-state index contributed by atoms with van der Waals surface area (Å²) in [7, 11) is 0. The number of aliphatic hydroxyl groups is 3. The normalized spacial score (nSPS) is 28.2. The van der Waals surface area contributed by atoms with Crippen LogP contribution in [0.3, 0.4) is 0 Å². The van der Waals surface area contributed by atoms with Crippen molar-refractivity contribution < 1.29 is 25.2 Å². The Bertz CT molecular complexity index is 432. The minimum Gasteiger partial charge on any atom is -0.481 e. The summed E-state index contributed by atoms with van der Waals surface area (Å²) in [4.78, 5) is 10.5. The second-order valence-corrected chi connectivity index (χ2v) is 7.05. The molecular weight excluding hydrogens is 320 g/mol. The molecule has 0 bridgehead atoms. The molecular formula is C20H34O5. The van der Waals surface area contributed by atoms with Crippen molar-refractivity contribution in [3.8, 4) is 0 Å². The van der Waals surface area contributed by atoms with Crippen molar-refractivity contribution in [3.05, 3.63) is 24.3 Å². The number of rotatable bonds is 12. The highest BCUT2D eigenvalue weighted by molar-refractivity contribution is 5.66. The van der Waals surface area contributed by atoms with Crippen molar-refractivity contribution in [2.24, 2.45) is 11.8 Å². The molecule has 144 valence electrons. The van der Waals surface area contributed by atoms with Gasteiger partial charge in [-0.05, 0) is 31.6 Å². The van der Waals surface area contributed by atoms with E-state index in [0.717, 1.165) is 25.7 Å². The fourth-order valence-electron chi connectivity index (χ4n) is 3.41. The molecule has 0 aromatic rings. The average molecular weight is 354 g/mol. The van der Waals surface area contributed by atoms with E-state index in [-0.39, 0.29) is 18.3 Å². The average Bonchev–Trinajstić information content (AvgIpc) is 2.82. The zero-order chi connectivity index (χ0) is 18.7. The molecule has 1 rings (SSSR count). The zero-order valence-corrected chi connectivity index (χ0v) is 15.3. The van der Waals surface area contributed by atoms with Gasteiger partial charge in [0, 0.05) is 18.8 Å². The van der Waals surface area contributed by atoms with E-state index < -0.39 is 24.3 Å². The first-order chi connectivity index (χ1) is 12.0. The third kappa shape index (κ3) is 8.66. The summed E-state index contributed by atoms with van der Waals surface area (Å²) in [6.07, 6.45) is 12.3. The first-order valence-corrected chi connectivity index (χ1v) is 9.55. The van der Waals surface area contributed by atoms with E-state index in [0.29, 0.717) is 25.7 Å². The molecule has 1 aliphatic carbocycles. The monoisotopic (exact) mass is 354 g/mol. The Morgan fingerprint density at radius 3 is 2.60 bits per heavy atom. The molecule has 0 aromatic carbocycles. The highest BCUT2D eigenvalue weighted by Crippen LogP contribution is 2.36. The molecule has 5 heteroatoms. The fourth-order valence-corrected chi connectivity index (χ4v) is 3.41. The number of unbranched alkanes of at least 4 members (excludes halogenated alkanes) is 3. The highest BCUT2D eigenvalue weighted by atomic mass is 16.4. The summed E-state index contributed by atoms with van der Waals surface area (Å²) < 4.78 is 0. The molecule has 5 nitrogen and oxygen atoms in total. The zero-order valence-electron chi connectivity index (χ0n) is 15.3. The maximum absolute atomic E-state index is 10.5. The van der Waals surface area contributed by atoms with E-state index in [1.165, 1.54) is 0 Å². The number of hydrogen-bond acceptors (Lipinski definition) is 4. The van der Waals surface area contributed by atoms with Gasteiger partial charge in [0.05, 0.1) is 18.3 Å². The third-order valence-electron chi connectivity index (χ3n) is 4.91. The van der Waals surface area contributed by atoms with Gasteiger partial charge in [0.1, 0.15) is 0 Å². The molecule has 0 spiro atoms. The summed E-state index contributed by atoms with van der Waals surface area (Å²) in [5, 5.41) is 39.0. The maximum atomic E-state index is 10.5. The topological polar surface area (TPSA) is 98.0 Å². The van der Waals surface area contributed by atoms with Crippen LogP contribution >= 0.6 is 0 Å². The number of aliphatic carboxylic acids is 1. The lowest BCUT2D eigenvalue weighted by molar-refractivity contribution is -0.137. The molecule has 0 unspecified atom stereocenters. The van der Waals surface area contributed by atoms with Crippen LogP contribution in [0.4, 0.5) is 0 Å². The third-order valence-corrected chi connectivity index (χ3v) is 4.91. The van der Waals surface area contributed by atoms with Gasteiger partial charge in [-0.1, -0.05) is 50.5 Å². The first kappa shape index (κ1) is 21.9. The highest BCUT2D eigenvalue weighted by Gasteiger charge is 2.39. The van der Waals surface area contributed by atoms with Crippen LogP contribution in [0.2, 0.25) is 0 Å². The van der Waals surface area contributed by atoms with E-state index in [4.69, 9.17) is 5.11 Å². The van der Waals surface area contributed by atoms with Gasteiger partial charge in [0.2, 0.25) is 0 Å². The summed E-state index contributed by atoms with van der Waals surface area (Å²) in [5.41, 5.74) is 0. The van der Waals surface area contributed by atoms with Crippen molar-refractivity contribution >= 4 is 5.97 Å². The number of carboxylic acids is 1. The number of hydrogen-bond donors (Lipinski definition) is 4. The molecule has 25 heavy (non-hydrogen) atoms. The SMILES string of the molecule is CCCCC[C@H](O)C=C[C@@H]1[C@@H](CC=CCCCC(=O)O)[C@@H](O)C[C@@H]1O. The molecule has 4 N–H and O–H groups in total. The summed E-state index contributed by atoms with van der Waals surface area (Å²) >= 11 is 0. The van der Waals surface area contributed by atoms with Gasteiger partial charge in [-0.15, -0.1) is 0 Å². The van der Waals surface area contributed by atoms with Gasteiger partial charge in [-0.25, -0.2) is 0 Å². The predicted octanol–water partition coefficient (Wildman–Crippen LogP) is 3.04. The van der Waals surface area contributed by atoms with Gasteiger partial charge in [-0.3, -0.25) is 4.79 Å². The second-order valence-electron chi connectivity index (χ2n) is 7.05. The van der Waals surface area contributed by atoms with Crippen molar-refractivity contribution in [2.45, 2.75) is 83.0 Å². The van der Waals surface area contributed by atoms with Crippen molar-refractivity contribution in [1.29, 1.82) is 0 Å². The second kappa shape index (κ2) is 12.2. The number of carboxylic acid groups (broad SMARTS) is 1. The molecule has 5 atom stereocenters. The fraction of sp³-hybridized carbons (Fsp3) is 0.750. The van der Waals surface area contributed by atoms with Crippen LogP contribution in [0.1, 0.15) is 64.7 Å². The van der Waals surface area contributed by atoms with Crippen LogP contribution in [0, 0.1) is 11.8 Å². The smallest absolute Gasteiger partial charge is 0.303 e. The number of carbonyl (C=O) groups is 1. The minimum absolute atomic E-state index is 0.0650. The number of allylic oxidation sites excluding steroid dienone is 2. The van der Waals surface area contributed by atoms with Crippen LogP contribution in [0.5, 0.6) is 0 Å². The van der Waals surface area contributed by atoms with Crippen molar-refractivity contribution in [1.82, 2.24) is 0 Å². The van der Waals surface area contributed by atoms with Gasteiger partial charge < -0.3 is 20.4 Å². The Kier molecular flexibility index (Phi) is 10.7. The van der Waals surface area contributed by atoms with Crippen molar-refractivity contribution in [3.63, 3.8) is 0 Å². The van der Waals surface area contributed by atoms with E-state index in [1.54, 1.807) is 6.08 Å². The van der Waals surface area contributed by atoms with Gasteiger partial charge >= 0.3 is 5.97 Å². The van der Waals surface area contributed by atoms with Crippen LogP contribution < -0.4 is 0 Å². The summed E-state index contributed by atoms with van der Waals surface area (Å²) in [6.45, 7) is 2.12. The molecule has 1 fully saturated rings. The van der Waals surface area contributed by atoms with Crippen LogP contribution in [0.15, 0.2) is 24.3 Å². The molecule has 1 saturated carbocycles. The molecule has 0 aliphatic heterocycles. The largest absolute Gasteiger partial charge is 0.481 e. The Hall–Kier alpha value is -1.17. The molecule has 0 amide bonds. The lowest BCUT2D eigenvalue weighted by Gasteiger charge is -2.19. The standard InChI is InChI=1S/C20H34O5/c1-2-3-6-9-15(21)12-13-17-16(18(22)14-19(17)23)10-7-4-5-8-11-20(24)25/h4,7,12-13,15-19,21-23H,2-3,5-6,8-11,14H2,1H3,(H,24,25)/t15-,16+,17+,18-,19-/m0/s1. The quantitative estimate of drug-likeness (QED) is 0.319. The summed E-state index contributed by atoms with van der Waals surface area (Å²) in [6, 6.07) is 0. The lowest BCUT2D eigenvalue weighted by atomic mass is 9.89. The summed E-state index contributed by atoms with van der Waals surface area (Å²) in [5.74, 6) is -1.00. The van der Waals surface area contributed by atoms with Gasteiger partial charge in [0.15, 0.2) is 0 Å². The Morgan fingerprint density at radius 1 is 1.16 bits per heavy atom. The van der Waals surface area contributed by atoms with E-state index >= 15 is 0 Å². The van der Waals surface area contributed by atoms with Crippen LogP contribution in [-0.2, 0) is 4.79 Å². The minimum atomic E-state index is -0.787.